The van der Waals surface area contributed by atoms with E-state index in [9.17, 15) is 4.79 Å². The minimum absolute atomic E-state index is 0.136. The predicted octanol–water partition coefficient (Wildman–Crippen LogP) is 2.74. The second-order valence-electron chi connectivity index (χ2n) is 3.64. The number of ketones is 1. The van der Waals surface area contributed by atoms with Crippen molar-refractivity contribution in [2.75, 3.05) is 7.11 Å². The van der Waals surface area contributed by atoms with Crippen LogP contribution in [-0.2, 0) is 0 Å². The second kappa shape index (κ2) is 5.32. The van der Waals surface area contributed by atoms with Crippen LogP contribution in [0.4, 0.5) is 0 Å². The van der Waals surface area contributed by atoms with Crippen molar-refractivity contribution >= 4 is 5.78 Å². The topological polar surface area (TPSA) is 50.1 Å². The smallest absolute Gasteiger partial charge is 0.180 e. The van der Waals surface area contributed by atoms with E-state index in [1.807, 2.05) is 26.0 Å². The van der Waals surface area contributed by atoms with E-state index in [0.717, 1.165) is 5.56 Å². The van der Waals surface area contributed by atoms with Gasteiger partial charge in [-0.15, -0.1) is 0 Å². The van der Waals surface area contributed by atoms with Gasteiger partial charge in [0.25, 0.3) is 0 Å². The zero-order valence-electron chi connectivity index (χ0n) is 9.78. The number of hydrogen-bond donors (Lipinski definition) is 0. The zero-order chi connectivity index (χ0) is 12.1. The van der Waals surface area contributed by atoms with Crippen LogP contribution in [0.15, 0.2) is 18.2 Å². The van der Waals surface area contributed by atoms with Gasteiger partial charge in [0.05, 0.1) is 13.2 Å². The minimum atomic E-state index is -0.563. The van der Waals surface area contributed by atoms with Crippen molar-refractivity contribution in [2.45, 2.75) is 20.3 Å². The van der Waals surface area contributed by atoms with E-state index in [1.54, 1.807) is 19.2 Å². The van der Waals surface area contributed by atoms with Crippen LogP contribution < -0.4 is 4.74 Å². The Labute approximate surface area is 95.7 Å². The van der Waals surface area contributed by atoms with Gasteiger partial charge in [0.1, 0.15) is 11.7 Å². The molecule has 0 aromatic heterocycles. The third-order valence-corrected chi connectivity index (χ3v) is 2.57. The first kappa shape index (κ1) is 12.3. The zero-order valence-corrected chi connectivity index (χ0v) is 9.78. The summed E-state index contributed by atoms with van der Waals surface area (Å²) in [6.45, 7) is 3.74. The molecule has 0 N–H and O–H groups in total. The monoisotopic (exact) mass is 217 g/mol. The molecule has 3 nitrogen and oxygen atoms in total. The molecule has 1 unspecified atom stereocenters. The van der Waals surface area contributed by atoms with E-state index >= 15 is 0 Å². The molecule has 3 heteroatoms. The fourth-order valence-corrected chi connectivity index (χ4v) is 1.51. The Kier molecular flexibility index (Phi) is 4.07. The van der Waals surface area contributed by atoms with Crippen LogP contribution in [0.3, 0.4) is 0 Å². The lowest BCUT2D eigenvalue weighted by Gasteiger charge is -2.09. The number of hydrogen-bond acceptors (Lipinski definition) is 3. The number of rotatable bonds is 4. The van der Waals surface area contributed by atoms with Gasteiger partial charge in [-0.1, -0.05) is 19.1 Å². The highest BCUT2D eigenvalue weighted by Crippen LogP contribution is 2.21. The van der Waals surface area contributed by atoms with E-state index in [2.05, 4.69) is 0 Å². The molecular weight excluding hydrogens is 202 g/mol. The highest BCUT2D eigenvalue weighted by molar-refractivity contribution is 5.99. The minimum Gasteiger partial charge on any atom is -0.496 e. The summed E-state index contributed by atoms with van der Waals surface area (Å²) >= 11 is 0. The third-order valence-electron chi connectivity index (χ3n) is 2.57. The van der Waals surface area contributed by atoms with Gasteiger partial charge in [-0.05, 0) is 25.0 Å². The lowest BCUT2D eigenvalue weighted by Crippen LogP contribution is -2.12. The molecule has 1 aromatic rings. The fourth-order valence-electron chi connectivity index (χ4n) is 1.51. The normalized spacial score (nSPS) is 11.6. The molecule has 0 spiro atoms. The van der Waals surface area contributed by atoms with Gasteiger partial charge in [-0.2, -0.15) is 5.26 Å². The van der Waals surface area contributed by atoms with Crippen LogP contribution in [-0.4, -0.2) is 12.9 Å². The lowest BCUT2D eigenvalue weighted by molar-refractivity contribution is 0.0946. The largest absolute Gasteiger partial charge is 0.496 e. The van der Waals surface area contributed by atoms with E-state index in [-0.39, 0.29) is 5.78 Å². The first-order valence-corrected chi connectivity index (χ1v) is 5.22. The Morgan fingerprint density at radius 2 is 2.25 bits per heavy atom. The van der Waals surface area contributed by atoms with Crippen LogP contribution in [0.25, 0.3) is 0 Å². The number of aryl methyl sites for hydroxylation is 1. The molecule has 0 fully saturated rings. The number of methoxy groups -OCH3 is 1. The van der Waals surface area contributed by atoms with E-state index in [0.29, 0.717) is 17.7 Å². The Hall–Kier alpha value is -1.82. The second-order valence-corrected chi connectivity index (χ2v) is 3.64. The maximum atomic E-state index is 11.9. The van der Waals surface area contributed by atoms with Crippen molar-refractivity contribution in [1.82, 2.24) is 0 Å². The van der Waals surface area contributed by atoms with Gasteiger partial charge >= 0.3 is 0 Å². The summed E-state index contributed by atoms with van der Waals surface area (Å²) in [5.41, 5.74) is 1.51. The number of carbonyl (C=O) groups excluding carboxylic acids is 1. The highest BCUT2D eigenvalue weighted by Gasteiger charge is 2.18. The van der Waals surface area contributed by atoms with Crippen molar-refractivity contribution < 1.29 is 9.53 Å². The van der Waals surface area contributed by atoms with Crippen LogP contribution >= 0.6 is 0 Å². The molecule has 1 rings (SSSR count). The van der Waals surface area contributed by atoms with Crippen molar-refractivity contribution in [3.63, 3.8) is 0 Å². The van der Waals surface area contributed by atoms with Crippen LogP contribution in [0.1, 0.15) is 29.3 Å². The molecule has 0 aliphatic heterocycles. The fraction of sp³-hybridized carbons (Fsp3) is 0.385. The summed E-state index contributed by atoms with van der Waals surface area (Å²) < 4.78 is 5.15. The molecule has 0 amide bonds. The first-order valence-electron chi connectivity index (χ1n) is 5.22. The molecule has 0 saturated carbocycles. The number of benzene rings is 1. The Bertz CT molecular complexity index is 432. The van der Waals surface area contributed by atoms with E-state index in [4.69, 9.17) is 10.00 Å². The average Bonchev–Trinajstić information content (AvgIpc) is 2.31. The van der Waals surface area contributed by atoms with Crippen molar-refractivity contribution in [2.24, 2.45) is 5.92 Å². The van der Waals surface area contributed by atoms with Crippen molar-refractivity contribution in [1.29, 1.82) is 5.26 Å². The Morgan fingerprint density at radius 1 is 1.56 bits per heavy atom. The molecule has 16 heavy (non-hydrogen) atoms. The molecule has 84 valence electrons. The van der Waals surface area contributed by atoms with Crippen molar-refractivity contribution in [3.05, 3.63) is 29.3 Å². The predicted molar refractivity (Wildman–Crippen MR) is 61.5 cm³/mol. The molecule has 0 radical (unpaired) electrons. The maximum absolute atomic E-state index is 11.9. The van der Waals surface area contributed by atoms with Crippen LogP contribution in [0, 0.1) is 24.2 Å². The van der Waals surface area contributed by atoms with Crippen LogP contribution in [0.2, 0.25) is 0 Å². The van der Waals surface area contributed by atoms with Gasteiger partial charge in [0, 0.05) is 5.56 Å². The van der Waals surface area contributed by atoms with Gasteiger partial charge in [-0.3, -0.25) is 4.79 Å². The molecule has 0 heterocycles. The van der Waals surface area contributed by atoms with E-state index < -0.39 is 5.92 Å². The summed E-state index contributed by atoms with van der Waals surface area (Å²) in [4.78, 5) is 11.9. The van der Waals surface area contributed by atoms with E-state index in [1.165, 1.54) is 0 Å². The summed E-state index contributed by atoms with van der Waals surface area (Å²) in [6, 6.07) is 7.27. The standard InChI is InChI=1S/C13H15NO2/c1-4-10(8-14)13(15)11-6-5-9(2)12(7-11)16-3/h5-7,10H,4H2,1-3H3. The summed E-state index contributed by atoms with van der Waals surface area (Å²) in [5.74, 6) is -0.0191. The summed E-state index contributed by atoms with van der Waals surface area (Å²) in [7, 11) is 1.57. The average molecular weight is 217 g/mol. The summed E-state index contributed by atoms with van der Waals surface area (Å²) in [5, 5.41) is 8.84. The summed E-state index contributed by atoms with van der Waals surface area (Å²) in [6.07, 6.45) is 0.533. The maximum Gasteiger partial charge on any atom is 0.180 e. The lowest BCUT2D eigenvalue weighted by atomic mass is 9.96. The highest BCUT2D eigenvalue weighted by atomic mass is 16.5. The molecule has 1 atom stereocenters. The number of nitriles is 1. The molecule has 0 bridgehead atoms. The quantitative estimate of drug-likeness (QED) is 0.728. The first-order chi connectivity index (χ1) is 7.63. The molecular formula is C13H15NO2. The number of ether oxygens (including phenoxy) is 1. The van der Waals surface area contributed by atoms with Gasteiger partial charge in [-0.25, -0.2) is 0 Å². The SMILES string of the molecule is CCC(C#N)C(=O)c1ccc(C)c(OC)c1. The number of nitrogens with zero attached hydrogens (tertiary/aromatic N) is 1. The van der Waals surface area contributed by atoms with Gasteiger partial charge in [0.2, 0.25) is 0 Å². The van der Waals surface area contributed by atoms with Gasteiger partial charge in [0.15, 0.2) is 5.78 Å². The van der Waals surface area contributed by atoms with Crippen LogP contribution in [0.5, 0.6) is 5.75 Å². The third kappa shape index (κ3) is 2.40. The molecule has 0 saturated heterocycles. The molecule has 1 aromatic carbocycles. The Balaban J connectivity index is 3.06. The number of Topliss-reactive ketones (excluding diaryl/α,β-unsaturated/α-hetero) is 1. The molecule has 0 aliphatic rings. The molecule has 0 aliphatic carbocycles. The number of carbonyl (C=O) groups is 1. The Morgan fingerprint density at radius 3 is 2.75 bits per heavy atom. The van der Waals surface area contributed by atoms with Gasteiger partial charge < -0.3 is 4.74 Å². The van der Waals surface area contributed by atoms with Crippen molar-refractivity contribution in [3.8, 4) is 11.8 Å².